The average molecular weight is 228 g/mol. The number of rotatable bonds is 3. The zero-order valence-corrected chi connectivity index (χ0v) is 10.0. The van der Waals surface area contributed by atoms with Crippen LogP contribution in [-0.2, 0) is 0 Å². The molecule has 0 aliphatic carbocycles. The van der Waals surface area contributed by atoms with Gasteiger partial charge in [0.1, 0.15) is 11.9 Å². The van der Waals surface area contributed by atoms with Crippen molar-refractivity contribution < 1.29 is 5.11 Å². The van der Waals surface area contributed by atoms with E-state index in [0.29, 0.717) is 0 Å². The summed E-state index contributed by atoms with van der Waals surface area (Å²) >= 11 is 0. The molecule has 3 nitrogen and oxygen atoms in total. The molecule has 1 aromatic heterocycles. The third kappa shape index (κ3) is 2.45. The highest BCUT2D eigenvalue weighted by Gasteiger charge is 2.11. The van der Waals surface area contributed by atoms with E-state index < -0.39 is 6.10 Å². The topological polar surface area (TPSA) is 45.2 Å². The van der Waals surface area contributed by atoms with Crippen molar-refractivity contribution in [2.45, 2.75) is 13.0 Å². The van der Waals surface area contributed by atoms with Crippen LogP contribution in [0.25, 0.3) is 0 Å². The minimum absolute atomic E-state index is 0.617. The van der Waals surface area contributed by atoms with Gasteiger partial charge in [-0.2, -0.15) is 0 Å². The predicted molar refractivity (Wildman–Crippen MR) is 69.0 cm³/mol. The average Bonchev–Trinajstić information content (AvgIpc) is 2.39. The fourth-order valence-corrected chi connectivity index (χ4v) is 1.84. The fraction of sp³-hybridized carbons (Fsp3) is 0.214. The molecule has 0 saturated carbocycles. The maximum Gasteiger partial charge on any atom is 0.128 e. The number of aliphatic hydroxyl groups excluding tert-OH is 1. The maximum absolute atomic E-state index is 10.2. The summed E-state index contributed by atoms with van der Waals surface area (Å²) in [6.07, 6.45) is 1.09. The normalized spacial score (nSPS) is 12.2. The molecule has 0 bridgehead atoms. The van der Waals surface area contributed by atoms with E-state index in [1.165, 1.54) is 0 Å². The van der Waals surface area contributed by atoms with Crippen LogP contribution in [0.5, 0.6) is 0 Å². The highest BCUT2D eigenvalue weighted by atomic mass is 16.3. The summed E-state index contributed by atoms with van der Waals surface area (Å²) in [6, 6.07) is 11.5. The summed E-state index contributed by atoms with van der Waals surface area (Å²) in [6.45, 7) is 1.97. The summed E-state index contributed by atoms with van der Waals surface area (Å²) < 4.78 is 0. The molecule has 17 heavy (non-hydrogen) atoms. The van der Waals surface area contributed by atoms with E-state index in [1.54, 1.807) is 6.20 Å². The molecule has 2 N–H and O–H groups in total. The molecule has 3 heteroatoms. The van der Waals surface area contributed by atoms with Crippen LogP contribution >= 0.6 is 0 Å². The Hall–Kier alpha value is -1.87. The van der Waals surface area contributed by atoms with Crippen molar-refractivity contribution in [3.05, 3.63) is 59.3 Å². The van der Waals surface area contributed by atoms with E-state index in [-0.39, 0.29) is 0 Å². The van der Waals surface area contributed by atoms with Crippen LogP contribution in [0.15, 0.2) is 42.6 Å². The Morgan fingerprint density at radius 3 is 2.47 bits per heavy atom. The van der Waals surface area contributed by atoms with Crippen LogP contribution in [0, 0.1) is 6.92 Å². The Balaban J connectivity index is 2.32. The van der Waals surface area contributed by atoms with Crippen molar-refractivity contribution in [3.8, 4) is 0 Å². The van der Waals surface area contributed by atoms with Gasteiger partial charge in [0.05, 0.1) is 0 Å². The number of aryl methyl sites for hydroxylation is 1. The maximum atomic E-state index is 10.2. The lowest BCUT2D eigenvalue weighted by atomic mass is 10.0. The van der Waals surface area contributed by atoms with Gasteiger partial charge in [-0.05, 0) is 24.1 Å². The molecule has 0 aliphatic heterocycles. The van der Waals surface area contributed by atoms with Gasteiger partial charge in [0, 0.05) is 18.8 Å². The Bertz CT molecular complexity index is 497. The standard InChI is InChI=1S/C14H16N2O/c1-10-8-12(9-16-14(10)15-2)13(17)11-6-4-3-5-7-11/h3-9,13,17H,1-2H3,(H,15,16). The summed E-state index contributed by atoms with van der Waals surface area (Å²) in [7, 11) is 1.84. The highest BCUT2D eigenvalue weighted by Crippen LogP contribution is 2.23. The largest absolute Gasteiger partial charge is 0.384 e. The first kappa shape index (κ1) is 11.6. The number of hydrogen-bond donors (Lipinski definition) is 2. The Morgan fingerprint density at radius 1 is 1.18 bits per heavy atom. The minimum atomic E-state index is -0.617. The van der Waals surface area contributed by atoms with Gasteiger partial charge in [-0.25, -0.2) is 4.98 Å². The fourth-order valence-electron chi connectivity index (χ4n) is 1.84. The van der Waals surface area contributed by atoms with Crippen LogP contribution < -0.4 is 5.32 Å². The third-order valence-electron chi connectivity index (χ3n) is 2.77. The van der Waals surface area contributed by atoms with Crippen LogP contribution in [0.3, 0.4) is 0 Å². The van der Waals surface area contributed by atoms with E-state index in [9.17, 15) is 5.11 Å². The number of nitrogens with zero attached hydrogens (tertiary/aromatic N) is 1. The Morgan fingerprint density at radius 2 is 1.88 bits per heavy atom. The molecular weight excluding hydrogens is 212 g/mol. The predicted octanol–water partition coefficient (Wildman–Crippen LogP) is 2.51. The number of benzene rings is 1. The van der Waals surface area contributed by atoms with Crippen molar-refractivity contribution >= 4 is 5.82 Å². The molecule has 1 unspecified atom stereocenters. The molecule has 1 atom stereocenters. The molecule has 0 amide bonds. The van der Waals surface area contributed by atoms with E-state index >= 15 is 0 Å². The lowest BCUT2D eigenvalue weighted by Gasteiger charge is -2.13. The Labute approximate surface area is 101 Å². The van der Waals surface area contributed by atoms with Crippen molar-refractivity contribution in [3.63, 3.8) is 0 Å². The summed E-state index contributed by atoms with van der Waals surface area (Å²) in [5.74, 6) is 0.842. The van der Waals surface area contributed by atoms with Crippen LogP contribution in [0.1, 0.15) is 22.8 Å². The molecule has 2 aromatic rings. The Kier molecular flexibility index (Phi) is 3.40. The molecule has 88 valence electrons. The number of aromatic nitrogens is 1. The molecule has 2 rings (SSSR count). The minimum Gasteiger partial charge on any atom is -0.384 e. The van der Waals surface area contributed by atoms with Gasteiger partial charge >= 0.3 is 0 Å². The van der Waals surface area contributed by atoms with Crippen LogP contribution in [-0.4, -0.2) is 17.1 Å². The van der Waals surface area contributed by atoms with Crippen molar-refractivity contribution in [2.24, 2.45) is 0 Å². The highest BCUT2D eigenvalue weighted by molar-refractivity contribution is 5.45. The van der Waals surface area contributed by atoms with Crippen molar-refractivity contribution in [1.29, 1.82) is 0 Å². The number of nitrogens with one attached hydrogen (secondary N) is 1. The summed E-state index contributed by atoms with van der Waals surface area (Å²) in [4.78, 5) is 4.27. The summed E-state index contributed by atoms with van der Waals surface area (Å²) in [5.41, 5.74) is 2.72. The zero-order valence-electron chi connectivity index (χ0n) is 10.0. The van der Waals surface area contributed by atoms with Gasteiger partial charge in [-0.1, -0.05) is 30.3 Å². The molecule has 0 fully saturated rings. The second-order valence-electron chi connectivity index (χ2n) is 4.00. The van der Waals surface area contributed by atoms with Crippen LogP contribution in [0.2, 0.25) is 0 Å². The lowest BCUT2D eigenvalue weighted by molar-refractivity contribution is 0.220. The van der Waals surface area contributed by atoms with Crippen molar-refractivity contribution in [2.75, 3.05) is 12.4 Å². The molecule has 0 aliphatic rings. The molecule has 1 aromatic carbocycles. The van der Waals surface area contributed by atoms with Crippen LogP contribution in [0.4, 0.5) is 5.82 Å². The van der Waals surface area contributed by atoms with E-state index in [2.05, 4.69) is 10.3 Å². The van der Waals surface area contributed by atoms with E-state index in [4.69, 9.17) is 0 Å². The first-order chi connectivity index (χ1) is 8.22. The third-order valence-corrected chi connectivity index (χ3v) is 2.77. The molecule has 0 radical (unpaired) electrons. The van der Waals surface area contributed by atoms with Gasteiger partial charge in [0.25, 0.3) is 0 Å². The quantitative estimate of drug-likeness (QED) is 0.848. The zero-order chi connectivity index (χ0) is 12.3. The molecular formula is C14H16N2O. The SMILES string of the molecule is CNc1ncc(C(O)c2ccccc2)cc1C. The second kappa shape index (κ2) is 4.97. The van der Waals surface area contributed by atoms with Gasteiger partial charge in [0.2, 0.25) is 0 Å². The lowest BCUT2D eigenvalue weighted by Crippen LogP contribution is -2.03. The number of hydrogen-bond acceptors (Lipinski definition) is 3. The van der Waals surface area contributed by atoms with Crippen molar-refractivity contribution in [1.82, 2.24) is 4.98 Å². The number of anilines is 1. The second-order valence-corrected chi connectivity index (χ2v) is 4.00. The van der Waals surface area contributed by atoms with Gasteiger partial charge in [-0.3, -0.25) is 0 Å². The number of aliphatic hydroxyl groups is 1. The first-order valence-electron chi connectivity index (χ1n) is 5.59. The first-order valence-corrected chi connectivity index (χ1v) is 5.59. The molecule has 0 spiro atoms. The van der Waals surface area contributed by atoms with Gasteiger partial charge in [0.15, 0.2) is 0 Å². The smallest absolute Gasteiger partial charge is 0.128 e. The monoisotopic (exact) mass is 228 g/mol. The number of pyridine rings is 1. The van der Waals surface area contributed by atoms with Gasteiger partial charge in [-0.15, -0.1) is 0 Å². The summed E-state index contributed by atoms with van der Waals surface area (Å²) in [5, 5.41) is 13.2. The molecule has 1 heterocycles. The van der Waals surface area contributed by atoms with E-state index in [1.807, 2.05) is 50.4 Å². The molecule has 0 saturated heterocycles. The van der Waals surface area contributed by atoms with Gasteiger partial charge < -0.3 is 10.4 Å². The van der Waals surface area contributed by atoms with E-state index in [0.717, 1.165) is 22.5 Å².